The van der Waals surface area contributed by atoms with Gasteiger partial charge in [-0.15, -0.1) is 0 Å². The SMILES string of the molecule is COc1cc(C(=O)O)ccc1-c1ccc(Cl)cc1Cl. The molecular formula is C14H10Cl2O3. The number of hydrogen-bond acceptors (Lipinski definition) is 2. The van der Waals surface area contributed by atoms with Gasteiger partial charge in [0.05, 0.1) is 17.7 Å². The van der Waals surface area contributed by atoms with E-state index in [-0.39, 0.29) is 5.56 Å². The molecule has 0 heterocycles. The van der Waals surface area contributed by atoms with Gasteiger partial charge in [-0.25, -0.2) is 4.79 Å². The highest BCUT2D eigenvalue weighted by Gasteiger charge is 2.13. The average Bonchev–Trinajstić information content (AvgIpc) is 2.38. The smallest absolute Gasteiger partial charge is 0.335 e. The molecule has 0 aromatic heterocycles. The van der Waals surface area contributed by atoms with E-state index in [1.807, 2.05) is 0 Å². The van der Waals surface area contributed by atoms with Crippen molar-refractivity contribution in [1.29, 1.82) is 0 Å². The van der Waals surface area contributed by atoms with E-state index in [0.29, 0.717) is 21.4 Å². The molecule has 0 bridgehead atoms. The highest BCUT2D eigenvalue weighted by Crippen LogP contribution is 2.36. The lowest BCUT2D eigenvalue weighted by atomic mass is 10.0. The predicted octanol–water partition coefficient (Wildman–Crippen LogP) is 4.37. The minimum Gasteiger partial charge on any atom is -0.496 e. The molecule has 98 valence electrons. The molecule has 19 heavy (non-hydrogen) atoms. The van der Waals surface area contributed by atoms with Crippen LogP contribution in [0.25, 0.3) is 11.1 Å². The summed E-state index contributed by atoms with van der Waals surface area (Å²) < 4.78 is 5.22. The summed E-state index contributed by atoms with van der Waals surface area (Å²) in [5.74, 6) is -0.559. The summed E-state index contributed by atoms with van der Waals surface area (Å²) in [4.78, 5) is 10.9. The molecule has 3 nitrogen and oxygen atoms in total. The van der Waals surface area contributed by atoms with Gasteiger partial charge in [-0.1, -0.05) is 29.3 Å². The van der Waals surface area contributed by atoms with Crippen molar-refractivity contribution >= 4 is 29.2 Å². The molecule has 0 unspecified atom stereocenters. The van der Waals surface area contributed by atoms with Gasteiger partial charge in [0.25, 0.3) is 0 Å². The number of aromatic carboxylic acids is 1. The molecule has 5 heteroatoms. The Morgan fingerprint density at radius 3 is 2.37 bits per heavy atom. The van der Waals surface area contributed by atoms with Gasteiger partial charge in [0, 0.05) is 16.1 Å². The first-order valence-corrected chi connectivity index (χ1v) is 6.15. The summed E-state index contributed by atoms with van der Waals surface area (Å²) in [7, 11) is 1.48. The summed E-state index contributed by atoms with van der Waals surface area (Å²) in [6.45, 7) is 0. The van der Waals surface area contributed by atoms with Crippen LogP contribution in [0.2, 0.25) is 10.0 Å². The van der Waals surface area contributed by atoms with Crippen LogP contribution in [0.15, 0.2) is 36.4 Å². The lowest BCUT2D eigenvalue weighted by Crippen LogP contribution is -1.98. The first-order chi connectivity index (χ1) is 9.02. The van der Waals surface area contributed by atoms with Crippen LogP contribution < -0.4 is 4.74 Å². The zero-order valence-electron chi connectivity index (χ0n) is 9.98. The molecule has 0 aliphatic heterocycles. The number of carboxylic acid groups (broad SMARTS) is 1. The lowest BCUT2D eigenvalue weighted by Gasteiger charge is -2.11. The summed E-state index contributed by atoms with van der Waals surface area (Å²) in [5, 5.41) is 9.98. The second-order valence-corrected chi connectivity index (χ2v) is 4.69. The summed E-state index contributed by atoms with van der Waals surface area (Å²) in [6.07, 6.45) is 0. The van der Waals surface area contributed by atoms with Gasteiger partial charge >= 0.3 is 5.97 Å². The van der Waals surface area contributed by atoms with E-state index in [2.05, 4.69) is 0 Å². The molecule has 0 atom stereocenters. The van der Waals surface area contributed by atoms with Crippen LogP contribution in [0.4, 0.5) is 0 Å². The van der Waals surface area contributed by atoms with Gasteiger partial charge in [-0.2, -0.15) is 0 Å². The van der Waals surface area contributed by atoms with Crippen molar-refractivity contribution in [3.63, 3.8) is 0 Å². The standard InChI is InChI=1S/C14H10Cl2O3/c1-19-13-6-8(14(17)18)2-4-11(13)10-5-3-9(15)7-12(10)16/h2-7H,1H3,(H,17,18). The maximum Gasteiger partial charge on any atom is 0.335 e. The van der Waals surface area contributed by atoms with Crippen molar-refractivity contribution in [2.24, 2.45) is 0 Å². The van der Waals surface area contributed by atoms with Gasteiger partial charge in [0.1, 0.15) is 5.75 Å². The van der Waals surface area contributed by atoms with Crippen molar-refractivity contribution < 1.29 is 14.6 Å². The normalized spacial score (nSPS) is 10.3. The molecule has 0 spiro atoms. The molecule has 2 rings (SSSR count). The topological polar surface area (TPSA) is 46.5 Å². The fourth-order valence-corrected chi connectivity index (χ4v) is 2.26. The zero-order chi connectivity index (χ0) is 14.0. The van der Waals surface area contributed by atoms with Crippen LogP contribution in [0.3, 0.4) is 0 Å². The van der Waals surface area contributed by atoms with E-state index in [4.69, 9.17) is 33.0 Å². The molecule has 0 aliphatic carbocycles. The number of ether oxygens (including phenoxy) is 1. The number of halogens is 2. The molecule has 0 amide bonds. The minimum absolute atomic E-state index is 0.158. The number of hydrogen-bond donors (Lipinski definition) is 1. The van der Waals surface area contributed by atoms with Crippen LogP contribution in [-0.4, -0.2) is 18.2 Å². The third-order valence-electron chi connectivity index (χ3n) is 2.67. The Balaban J connectivity index is 2.58. The largest absolute Gasteiger partial charge is 0.496 e. The Bertz CT molecular complexity index is 639. The molecule has 0 radical (unpaired) electrons. The number of rotatable bonds is 3. The number of carbonyl (C=O) groups is 1. The summed E-state index contributed by atoms with van der Waals surface area (Å²) in [6, 6.07) is 9.74. The minimum atomic E-state index is -1.01. The second-order valence-electron chi connectivity index (χ2n) is 3.84. The molecular weight excluding hydrogens is 287 g/mol. The Morgan fingerprint density at radius 1 is 1.11 bits per heavy atom. The Hall–Kier alpha value is -1.71. The van der Waals surface area contributed by atoms with Crippen molar-refractivity contribution in [2.75, 3.05) is 7.11 Å². The van der Waals surface area contributed by atoms with E-state index in [9.17, 15) is 4.79 Å². The Kier molecular flexibility index (Phi) is 3.98. The Morgan fingerprint density at radius 2 is 1.79 bits per heavy atom. The fourth-order valence-electron chi connectivity index (χ4n) is 1.75. The predicted molar refractivity (Wildman–Crippen MR) is 75.4 cm³/mol. The Labute approximate surface area is 120 Å². The molecule has 1 N–H and O–H groups in total. The lowest BCUT2D eigenvalue weighted by molar-refractivity contribution is 0.0696. The van der Waals surface area contributed by atoms with Gasteiger partial charge in [-0.05, 0) is 30.3 Å². The van der Waals surface area contributed by atoms with Crippen LogP contribution >= 0.6 is 23.2 Å². The quantitative estimate of drug-likeness (QED) is 0.915. The monoisotopic (exact) mass is 296 g/mol. The van der Waals surface area contributed by atoms with Crippen molar-refractivity contribution in [3.8, 4) is 16.9 Å². The van der Waals surface area contributed by atoms with Gasteiger partial charge in [0.15, 0.2) is 0 Å². The first kappa shape index (κ1) is 13.7. The molecule has 0 saturated heterocycles. The van der Waals surface area contributed by atoms with Crippen molar-refractivity contribution in [1.82, 2.24) is 0 Å². The van der Waals surface area contributed by atoms with Gasteiger partial charge in [0.2, 0.25) is 0 Å². The second kappa shape index (κ2) is 5.51. The van der Waals surface area contributed by atoms with E-state index >= 15 is 0 Å². The van der Waals surface area contributed by atoms with Crippen LogP contribution in [-0.2, 0) is 0 Å². The highest BCUT2D eigenvalue weighted by molar-refractivity contribution is 6.36. The summed E-state index contributed by atoms with van der Waals surface area (Å²) >= 11 is 12.0. The van der Waals surface area contributed by atoms with Crippen LogP contribution in [0.1, 0.15) is 10.4 Å². The van der Waals surface area contributed by atoms with E-state index in [1.54, 1.807) is 24.3 Å². The molecule has 2 aromatic rings. The number of methoxy groups -OCH3 is 1. The molecule has 0 saturated carbocycles. The van der Waals surface area contributed by atoms with Crippen LogP contribution in [0, 0.1) is 0 Å². The van der Waals surface area contributed by atoms with Crippen molar-refractivity contribution in [2.45, 2.75) is 0 Å². The molecule has 2 aromatic carbocycles. The first-order valence-electron chi connectivity index (χ1n) is 5.39. The van der Waals surface area contributed by atoms with E-state index in [0.717, 1.165) is 5.56 Å². The van der Waals surface area contributed by atoms with Crippen molar-refractivity contribution in [3.05, 3.63) is 52.0 Å². The number of benzene rings is 2. The average molecular weight is 297 g/mol. The number of carboxylic acids is 1. The third kappa shape index (κ3) is 2.83. The van der Waals surface area contributed by atoms with E-state index < -0.39 is 5.97 Å². The zero-order valence-corrected chi connectivity index (χ0v) is 11.5. The molecule has 0 aliphatic rings. The van der Waals surface area contributed by atoms with E-state index in [1.165, 1.54) is 19.2 Å². The highest BCUT2D eigenvalue weighted by atomic mass is 35.5. The van der Waals surface area contributed by atoms with Crippen LogP contribution in [0.5, 0.6) is 5.75 Å². The maximum absolute atomic E-state index is 10.9. The maximum atomic E-state index is 10.9. The summed E-state index contributed by atoms with van der Waals surface area (Å²) in [5.41, 5.74) is 1.61. The van der Waals surface area contributed by atoms with Gasteiger partial charge < -0.3 is 9.84 Å². The third-order valence-corrected chi connectivity index (χ3v) is 3.22. The van der Waals surface area contributed by atoms with Gasteiger partial charge in [-0.3, -0.25) is 0 Å². The fraction of sp³-hybridized carbons (Fsp3) is 0.0714. The molecule has 0 fully saturated rings.